The topological polar surface area (TPSA) is 76.1 Å². The largest absolute Gasteiger partial charge is 0.491 e. The van der Waals surface area contributed by atoms with Crippen LogP contribution in [0.3, 0.4) is 0 Å². The molecule has 1 aliphatic rings. The van der Waals surface area contributed by atoms with Crippen LogP contribution in [0.15, 0.2) is 29.2 Å². The maximum Gasteiger partial charge on any atom is 0.243 e. The van der Waals surface area contributed by atoms with Crippen molar-refractivity contribution in [3.63, 3.8) is 0 Å². The van der Waals surface area contributed by atoms with Gasteiger partial charge in [-0.05, 0) is 30.7 Å². The number of morpholine rings is 1. The summed E-state index contributed by atoms with van der Waals surface area (Å²) in [5.74, 6) is 0.539. The van der Waals surface area contributed by atoms with E-state index in [1.165, 1.54) is 16.4 Å². The third-order valence-corrected chi connectivity index (χ3v) is 5.40. The van der Waals surface area contributed by atoms with Crippen molar-refractivity contribution < 1.29 is 23.0 Å². The van der Waals surface area contributed by atoms with Crippen molar-refractivity contribution in [1.29, 1.82) is 0 Å². The minimum atomic E-state index is -3.51. The number of rotatable bonds is 6. The Balaban J connectivity index is 2.18. The summed E-state index contributed by atoms with van der Waals surface area (Å²) in [6.45, 7) is 3.30. The van der Waals surface area contributed by atoms with E-state index in [9.17, 15) is 8.42 Å². The van der Waals surface area contributed by atoms with Gasteiger partial charge in [-0.2, -0.15) is 4.31 Å². The van der Waals surface area contributed by atoms with Gasteiger partial charge >= 0.3 is 0 Å². The Bertz CT molecular complexity index is 543. The van der Waals surface area contributed by atoms with Crippen molar-refractivity contribution >= 4 is 10.0 Å². The minimum Gasteiger partial charge on any atom is -0.491 e. The second-order valence-electron chi connectivity index (χ2n) is 4.80. The summed E-state index contributed by atoms with van der Waals surface area (Å²) in [6, 6.07) is 6.15. The van der Waals surface area contributed by atoms with Crippen LogP contribution in [0.1, 0.15) is 13.3 Å². The van der Waals surface area contributed by atoms with Crippen LogP contribution in [0.4, 0.5) is 0 Å². The molecular formula is C14H21NO5S. The number of nitrogens with zero attached hydrogens (tertiary/aromatic N) is 1. The van der Waals surface area contributed by atoms with E-state index in [4.69, 9.17) is 14.6 Å². The van der Waals surface area contributed by atoms with Gasteiger partial charge in [0.15, 0.2) is 0 Å². The molecule has 0 amide bonds. The van der Waals surface area contributed by atoms with Gasteiger partial charge in [0.05, 0.1) is 24.7 Å². The van der Waals surface area contributed by atoms with Crippen LogP contribution in [0.25, 0.3) is 0 Å². The Morgan fingerprint density at radius 3 is 2.71 bits per heavy atom. The first kappa shape index (κ1) is 16.2. The molecule has 1 N–H and O–H groups in total. The van der Waals surface area contributed by atoms with E-state index in [1.54, 1.807) is 12.1 Å². The molecule has 21 heavy (non-hydrogen) atoms. The van der Waals surface area contributed by atoms with Crippen LogP contribution in [0, 0.1) is 0 Å². The van der Waals surface area contributed by atoms with Crippen molar-refractivity contribution in [1.82, 2.24) is 4.31 Å². The number of aliphatic hydroxyl groups excluding tert-OH is 1. The normalized spacial score (nSPS) is 20.4. The molecule has 6 nitrogen and oxygen atoms in total. The van der Waals surface area contributed by atoms with Gasteiger partial charge < -0.3 is 14.6 Å². The molecule has 1 heterocycles. The standard InChI is InChI=1S/C14H21NO5S/c1-2-12-11-19-9-7-15(12)21(17,18)14-5-3-13(4-6-14)20-10-8-16/h3-6,12,16H,2,7-11H2,1H3. The fourth-order valence-electron chi connectivity index (χ4n) is 2.28. The van der Waals surface area contributed by atoms with E-state index < -0.39 is 10.0 Å². The minimum absolute atomic E-state index is 0.0774. The molecule has 1 saturated heterocycles. The fraction of sp³-hybridized carbons (Fsp3) is 0.571. The van der Waals surface area contributed by atoms with Gasteiger partial charge in [0.25, 0.3) is 0 Å². The van der Waals surface area contributed by atoms with E-state index in [2.05, 4.69) is 0 Å². The molecule has 1 fully saturated rings. The number of benzene rings is 1. The molecule has 0 radical (unpaired) electrons. The summed E-state index contributed by atoms with van der Waals surface area (Å²) in [7, 11) is -3.51. The van der Waals surface area contributed by atoms with Gasteiger partial charge in [0.2, 0.25) is 10.0 Å². The highest BCUT2D eigenvalue weighted by atomic mass is 32.2. The number of aliphatic hydroxyl groups is 1. The zero-order valence-electron chi connectivity index (χ0n) is 12.1. The van der Waals surface area contributed by atoms with Crippen molar-refractivity contribution in [2.75, 3.05) is 33.0 Å². The van der Waals surface area contributed by atoms with Crippen LogP contribution in [0.2, 0.25) is 0 Å². The third-order valence-electron chi connectivity index (χ3n) is 3.44. The van der Waals surface area contributed by atoms with Gasteiger partial charge in [-0.25, -0.2) is 8.42 Å². The summed E-state index contributed by atoms with van der Waals surface area (Å²) in [5.41, 5.74) is 0. The zero-order valence-corrected chi connectivity index (χ0v) is 12.9. The number of ether oxygens (including phenoxy) is 2. The Morgan fingerprint density at radius 1 is 1.38 bits per heavy atom. The van der Waals surface area contributed by atoms with Crippen molar-refractivity contribution in [3.8, 4) is 5.75 Å². The summed E-state index contributed by atoms with van der Waals surface area (Å²) >= 11 is 0. The molecule has 1 aromatic carbocycles. The molecule has 118 valence electrons. The lowest BCUT2D eigenvalue weighted by atomic mass is 10.2. The third kappa shape index (κ3) is 3.74. The molecule has 7 heteroatoms. The molecule has 0 aromatic heterocycles. The van der Waals surface area contributed by atoms with Gasteiger partial charge in [0, 0.05) is 12.6 Å². The molecule has 1 aromatic rings. The number of sulfonamides is 1. The lowest BCUT2D eigenvalue weighted by Gasteiger charge is -2.33. The predicted molar refractivity (Wildman–Crippen MR) is 77.8 cm³/mol. The van der Waals surface area contributed by atoms with E-state index in [1.807, 2.05) is 6.92 Å². The highest BCUT2D eigenvalue weighted by molar-refractivity contribution is 7.89. The summed E-state index contributed by atoms with van der Waals surface area (Å²) in [4.78, 5) is 0.249. The molecule has 1 atom stereocenters. The van der Waals surface area contributed by atoms with Gasteiger partial charge in [-0.15, -0.1) is 0 Å². The lowest BCUT2D eigenvalue weighted by molar-refractivity contribution is 0.0314. The predicted octanol–water partition coefficient (Wildman–Crippen LogP) is 0.857. The van der Waals surface area contributed by atoms with Gasteiger partial charge in [-0.3, -0.25) is 0 Å². The zero-order chi connectivity index (χ0) is 15.3. The van der Waals surface area contributed by atoms with Crippen molar-refractivity contribution in [2.24, 2.45) is 0 Å². The van der Waals surface area contributed by atoms with Gasteiger partial charge in [0.1, 0.15) is 12.4 Å². The molecular weight excluding hydrogens is 294 g/mol. The highest BCUT2D eigenvalue weighted by Crippen LogP contribution is 2.23. The van der Waals surface area contributed by atoms with Crippen LogP contribution in [-0.2, 0) is 14.8 Å². The SMILES string of the molecule is CCC1COCCN1S(=O)(=O)c1ccc(OCCO)cc1. The first-order chi connectivity index (χ1) is 10.1. The molecule has 0 aliphatic carbocycles. The highest BCUT2D eigenvalue weighted by Gasteiger charge is 2.32. The molecule has 0 spiro atoms. The van der Waals surface area contributed by atoms with E-state index >= 15 is 0 Å². The molecule has 1 unspecified atom stereocenters. The Morgan fingerprint density at radius 2 is 2.10 bits per heavy atom. The maximum atomic E-state index is 12.7. The van der Waals surface area contributed by atoms with E-state index in [-0.39, 0.29) is 24.2 Å². The van der Waals surface area contributed by atoms with Crippen LogP contribution in [0.5, 0.6) is 5.75 Å². The van der Waals surface area contributed by atoms with Crippen LogP contribution >= 0.6 is 0 Å². The van der Waals surface area contributed by atoms with Crippen molar-refractivity contribution in [3.05, 3.63) is 24.3 Å². The Labute approximate surface area is 125 Å². The Kier molecular flexibility index (Phi) is 5.58. The Hall–Kier alpha value is -1.15. The first-order valence-electron chi connectivity index (χ1n) is 7.03. The second kappa shape index (κ2) is 7.22. The van der Waals surface area contributed by atoms with Crippen molar-refractivity contribution in [2.45, 2.75) is 24.3 Å². The number of hydrogen-bond acceptors (Lipinski definition) is 5. The van der Waals surface area contributed by atoms with E-state index in [0.29, 0.717) is 25.5 Å². The number of hydrogen-bond donors (Lipinski definition) is 1. The maximum absolute atomic E-state index is 12.7. The molecule has 2 rings (SSSR count). The summed E-state index contributed by atoms with van der Waals surface area (Å²) < 4.78 is 37.4. The lowest BCUT2D eigenvalue weighted by Crippen LogP contribution is -2.48. The first-order valence-corrected chi connectivity index (χ1v) is 8.47. The summed E-state index contributed by atoms with van der Waals surface area (Å²) in [5, 5.41) is 8.70. The average molecular weight is 315 g/mol. The molecule has 1 aliphatic heterocycles. The fourth-order valence-corrected chi connectivity index (χ4v) is 3.95. The summed E-state index contributed by atoms with van der Waals surface area (Å²) in [6.07, 6.45) is 0.719. The quantitative estimate of drug-likeness (QED) is 0.842. The smallest absolute Gasteiger partial charge is 0.243 e. The average Bonchev–Trinajstić information content (AvgIpc) is 2.53. The molecule has 0 saturated carbocycles. The second-order valence-corrected chi connectivity index (χ2v) is 6.69. The van der Waals surface area contributed by atoms with E-state index in [0.717, 1.165) is 6.42 Å². The van der Waals surface area contributed by atoms with Crippen LogP contribution in [-0.4, -0.2) is 56.8 Å². The van der Waals surface area contributed by atoms with Crippen LogP contribution < -0.4 is 4.74 Å². The van der Waals surface area contributed by atoms with Gasteiger partial charge in [-0.1, -0.05) is 6.92 Å². The monoisotopic (exact) mass is 315 g/mol. The molecule has 0 bridgehead atoms.